The zero-order chi connectivity index (χ0) is 26.3. The Bertz CT molecular complexity index is 1320. The molecule has 200 valence electrons. The Morgan fingerprint density at radius 1 is 0.744 bits per heavy atom. The smallest absolute Gasteiger partial charge is 0.226 e. The van der Waals surface area contributed by atoms with Crippen LogP contribution < -0.4 is 14.4 Å². The third-order valence-electron chi connectivity index (χ3n) is 7.24. The van der Waals surface area contributed by atoms with Gasteiger partial charge in [0.25, 0.3) is 0 Å². The third-order valence-corrected chi connectivity index (χ3v) is 7.24. The van der Waals surface area contributed by atoms with Crippen LogP contribution in [0.3, 0.4) is 0 Å². The molecule has 0 aliphatic carbocycles. The predicted molar refractivity (Wildman–Crippen MR) is 150 cm³/mol. The lowest BCUT2D eigenvalue weighted by Gasteiger charge is -2.35. The Balaban J connectivity index is 1.17. The van der Waals surface area contributed by atoms with E-state index in [1.54, 1.807) is 0 Å². The maximum Gasteiger partial charge on any atom is 0.226 e. The van der Waals surface area contributed by atoms with Crippen LogP contribution in [-0.2, 0) is 22.7 Å². The highest BCUT2D eigenvalue weighted by molar-refractivity contribution is 5.67. The van der Waals surface area contributed by atoms with Crippen molar-refractivity contribution >= 4 is 5.69 Å². The highest BCUT2D eigenvalue weighted by atomic mass is 16.7. The van der Waals surface area contributed by atoms with E-state index in [1.807, 2.05) is 85.1 Å². The first-order chi connectivity index (χ1) is 19.3. The second kappa shape index (κ2) is 12.3. The molecule has 2 aromatic carbocycles. The molecule has 39 heavy (non-hydrogen) atoms. The second-order valence-corrected chi connectivity index (χ2v) is 9.89. The molecule has 2 aliphatic heterocycles. The van der Waals surface area contributed by atoms with Gasteiger partial charge in [0, 0.05) is 25.1 Å². The molecule has 2 aliphatic rings. The Hall–Kier alpha value is -3.94. The zero-order valence-electron chi connectivity index (χ0n) is 21.9. The van der Waals surface area contributed by atoms with Gasteiger partial charge in [0.1, 0.15) is 13.2 Å². The fraction of sp³-hybridized carbons (Fsp3) is 0.312. The fourth-order valence-electron chi connectivity index (χ4n) is 5.08. The molecule has 7 nitrogen and oxygen atoms in total. The first kappa shape index (κ1) is 25.3. The number of pyridine rings is 2. The summed E-state index contributed by atoms with van der Waals surface area (Å²) in [5.41, 5.74) is 4.92. The molecule has 0 spiro atoms. The molecule has 0 radical (unpaired) electrons. The van der Waals surface area contributed by atoms with Gasteiger partial charge in [-0.15, -0.1) is 0 Å². The van der Waals surface area contributed by atoms with Gasteiger partial charge in [-0.05, 0) is 42.2 Å². The molecule has 4 heterocycles. The molecule has 2 aromatic heterocycles. The highest BCUT2D eigenvalue weighted by Gasteiger charge is 2.30. The summed E-state index contributed by atoms with van der Waals surface area (Å²) in [6.07, 6.45) is 4.02. The van der Waals surface area contributed by atoms with Crippen molar-refractivity contribution in [2.45, 2.75) is 32.3 Å². The summed E-state index contributed by atoms with van der Waals surface area (Å²) in [5.74, 6) is 1.48. The normalized spacial score (nSPS) is 16.4. The second-order valence-electron chi connectivity index (χ2n) is 9.89. The number of ether oxygens (including phenoxy) is 4. The molecule has 0 saturated carbocycles. The van der Waals surface area contributed by atoms with Gasteiger partial charge in [0.05, 0.1) is 36.4 Å². The van der Waals surface area contributed by atoms with Crippen molar-refractivity contribution in [1.82, 2.24) is 9.97 Å². The van der Waals surface area contributed by atoms with Crippen molar-refractivity contribution in [3.63, 3.8) is 0 Å². The van der Waals surface area contributed by atoms with Gasteiger partial charge in [-0.3, -0.25) is 4.98 Å². The molecule has 4 aromatic rings. The van der Waals surface area contributed by atoms with Crippen LogP contribution in [0.15, 0.2) is 91.1 Å². The first-order valence-electron chi connectivity index (χ1n) is 13.6. The van der Waals surface area contributed by atoms with Crippen molar-refractivity contribution in [2.75, 3.05) is 31.2 Å². The number of hydrogen-bond donors (Lipinski definition) is 0. The Morgan fingerprint density at radius 2 is 1.41 bits per heavy atom. The zero-order valence-corrected chi connectivity index (χ0v) is 21.9. The van der Waals surface area contributed by atoms with Crippen molar-refractivity contribution < 1.29 is 18.9 Å². The Morgan fingerprint density at radius 3 is 2.05 bits per heavy atom. The minimum absolute atomic E-state index is 0.0332. The maximum atomic E-state index is 6.21. The number of piperidine rings is 1. The molecule has 0 N–H and O–H groups in total. The number of nitrogens with zero attached hydrogens (tertiary/aromatic N) is 3. The molecule has 0 unspecified atom stereocenters. The Labute approximate surface area is 229 Å². The van der Waals surface area contributed by atoms with E-state index in [4.69, 9.17) is 28.9 Å². The molecule has 2 fully saturated rings. The van der Waals surface area contributed by atoms with Gasteiger partial charge in [0.2, 0.25) is 11.8 Å². The van der Waals surface area contributed by atoms with Crippen LogP contribution in [0, 0.1) is 5.92 Å². The average Bonchev–Trinajstić information content (AvgIpc) is 3.56. The average molecular weight is 524 g/mol. The molecule has 0 amide bonds. The van der Waals surface area contributed by atoms with Crippen LogP contribution in [0.5, 0.6) is 11.8 Å². The fourth-order valence-corrected chi connectivity index (χ4v) is 5.08. The van der Waals surface area contributed by atoms with Crippen LogP contribution in [0.1, 0.15) is 24.0 Å². The summed E-state index contributed by atoms with van der Waals surface area (Å²) in [7, 11) is 0. The minimum atomic E-state index is -0.0332. The number of aromatic nitrogens is 2. The summed E-state index contributed by atoms with van der Waals surface area (Å²) in [6, 6.07) is 28.2. The molecule has 0 atom stereocenters. The lowest BCUT2D eigenvalue weighted by atomic mass is 9.96. The summed E-state index contributed by atoms with van der Waals surface area (Å²) >= 11 is 0. The quantitative estimate of drug-likeness (QED) is 0.271. The van der Waals surface area contributed by atoms with Crippen LogP contribution in [-0.4, -0.2) is 42.6 Å². The van der Waals surface area contributed by atoms with E-state index in [-0.39, 0.29) is 6.29 Å². The summed E-state index contributed by atoms with van der Waals surface area (Å²) in [5, 5.41) is 0. The van der Waals surface area contributed by atoms with Crippen LogP contribution >= 0.6 is 0 Å². The van der Waals surface area contributed by atoms with E-state index in [9.17, 15) is 0 Å². The van der Waals surface area contributed by atoms with Gasteiger partial charge < -0.3 is 23.8 Å². The molecule has 0 bridgehead atoms. The van der Waals surface area contributed by atoms with Gasteiger partial charge >= 0.3 is 0 Å². The van der Waals surface area contributed by atoms with Gasteiger partial charge in [-0.25, -0.2) is 0 Å². The minimum Gasteiger partial charge on any atom is -0.473 e. The van der Waals surface area contributed by atoms with Crippen molar-refractivity contribution in [3.8, 4) is 23.0 Å². The molecular weight excluding hydrogens is 490 g/mol. The summed E-state index contributed by atoms with van der Waals surface area (Å²) in [6.45, 7) is 4.20. The molecule has 2 saturated heterocycles. The monoisotopic (exact) mass is 523 g/mol. The van der Waals surface area contributed by atoms with Crippen LogP contribution in [0.25, 0.3) is 11.3 Å². The SMILES string of the molecule is c1ccc(COc2ccc(-c3ccc(N4CCC(C5OCCO5)CC4)cn3)c(OCc3ccccc3)n2)cc1. The standard InChI is InChI=1S/C32H33N3O4/c1-3-7-24(8-4-1)22-38-30-14-12-28(31(34-30)39-23-25-9-5-2-6-10-25)29-13-11-27(21-33-29)35-17-15-26(16-18-35)32-36-19-20-37-32/h1-14,21,26,32H,15-20,22-23H2. The van der Waals surface area contributed by atoms with Gasteiger partial charge in [-0.1, -0.05) is 60.7 Å². The van der Waals surface area contributed by atoms with Crippen molar-refractivity contribution in [1.29, 1.82) is 0 Å². The van der Waals surface area contributed by atoms with Crippen molar-refractivity contribution in [2.24, 2.45) is 5.92 Å². The van der Waals surface area contributed by atoms with E-state index in [1.165, 1.54) is 0 Å². The van der Waals surface area contributed by atoms with Gasteiger partial charge in [-0.2, -0.15) is 4.98 Å². The lowest BCUT2D eigenvalue weighted by molar-refractivity contribution is -0.0889. The van der Waals surface area contributed by atoms with E-state index in [2.05, 4.69) is 11.0 Å². The first-order valence-corrected chi connectivity index (χ1v) is 13.6. The van der Waals surface area contributed by atoms with E-state index in [0.717, 1.165) is 54.0 Å². The van der Waals surface area contributed by atoms with E-state index >= 15 is 0 Å². The molecule has 7 heteroatoms. The third kappa shape index (κ3) is 6.38. The number of rotatable bonds is 9. The molecular formula is C32H33N3O4. The van der Waals surface area contributed by atoms with Crippen LogP contribution in [0.2, 0.25) is 0 Å². The van der Waals surface area contributed by atoms with E-state index in [0.29, 0.717) is 44.1 Å². The van der Waals surface area contributed by atoms with Gasteiger partial charge in [0.15, 0.2) is 6.29 Å². The predicted octanol–water partition coefficient (Wildman–Crippen LogP) is 5.89. The highest BCUT2D eigenvalue weighted by Crippen LogP contribution is 2.33. The molecule has 6 rings (SSSR count). The van der Waals surface area contributed by atoms with Crippen molar-refractivity contribution in [3.05, 3.63) is 102 Å². The summed E-state index contributed by atoms with van der Waals surface area (Å²) < 4.78 is 23.6. The lowest BCUT2D eigenvalue weighted by Crippen LogP contribution is -2.38. The van der Waals surface area contributed by atoms with Crippen LogP contribution in [0.4, 0.5) is 5.69 Å². The number of hydrogen-bond acceptors (Lipinski definition) is 7. The topological polar surface area (TPSA) is 65.9 Å². The maximum absolute atomic E-state index is 6.21. The Kier molecular flexibility index (Phi) is 7.98. The largest absolute Gasteiger partial charge is 0.473 e. The number of anilines is 1. The summed E-state index contributed by atoms with van der Waals surface area (Å²) in [4.78, 5) is 11.9. The number of benzene rings is 2. The van der Waals surface area contributed by atoms with E-state index < -0.39 is 0 Å².